The fraction of sp³-hybridized carbons (Fsp3) is 0.377. The average Bonchev–Trinajstić information content (AvgIpc) is 4.22. The molecule has 7 heteroatoms. The quantitative estimate of drug-likeness (QED) is 0.0447. The van der Waals surface area contributed by atoms with Gasteiger partial charge in [0.15, 0.2) is 0 Å². The van der Waals surface area contributed by atoms with Crippen LogP contribution in [-0.4, -0.2) is 11.5 Å². The van der Waals surface area contributed by atoms with Gasteiger partial charge in [0, 0.05) is 68.8 Å². The number of nitriles is 2. The number of hydrogen-bond acceptors (Lipinski definition) is 7. The Kier molecular flexibility index (Phi) is 16.8. The molecule has 4 aromatic carbocycles. The van der Waals surface area contributed by atoms with E-state index in [1.54, 1.807) is 45.8 Å². The number of aryl methyl sites for hydroxylation is 2. The number of fused-ring (bicyclic) bond motifs is 6. The molecule has 0 saturated carbocycles. The third kappa shape index (κ3) is 11.0. The molecule has 0 N–H and O–H groups in total. The first kappa shape index (κ1) is 48.7. The van der Waals surface area contributed by atoms with E-state index in [0.29, 0.717) is 12.8 Å². The smallest absolute Gasteiger partial charge is 0.0630 e. The molecule has 2 nitrogen and oxygen atoms in total. The lowest BCUT2D eigenvalue weighted by Crippen LogP contribution is -2.26. The van der Waals surface area contributed by atoms with Gasteiger partial charge in [-0.2, -0.15) is 10.5 Å². The third-order valence-electron chi connectivity index (χ3n) is 14.1. The SMILES string of the molecule is CCCCCCCCc1ccc2c(c1)C1(Cc3c(-c4ccc(-c5ccc(SCCC#N)cc5)s4)sc(-c4ccc(-c5ccc(SCCC#N)cc5)s4)c3C1)c1cc(CCCCCCCC)ccc1-2. The van der Waals surface area contributed by atoms with Gasteiger partial charge in [-0.3, -0.25) is 0 Å². The maximum atomic E-state index is 9.06. The van der Waals surface area contributed by atoms with Crippen molar-refractivity contribution in [3.05, 3.63) is 143 Å². The highest BCUT2D eigenvalue weighted by Crippen LogP contribution is 2.61. The van der Waals surface area contributed by atoms with Crippen LogP contribution >= 0.6 is 57.5 Å². The summed E-state index contributed by atoms with van der Waals surface area (Å²) in [5, 5.41) is 18.1. The van der Waals surface area contributed by atoms with E-state index in [0.717, 1.165) is 37.2 Å². The van der Waals surface area contributed by atoms with Gasteiger partial charge < -0.3 is 0 Å². The van der Waals surface area contributed by atoms with Crippen LogP contribution in [0.25, 0.3) is 51.5 Å². The van der Waals surface area contributed by atoms with Crippen molar-refractivity contribution in [2.24, 2.45) is 0 Å². The first-order valence-electron chi connectivity index (χ1n) is 25.3. The minimum atomic E-state index is -0.0979. The monoisotopic (exact) mass is 984 g/mol. The summed E-state index contributed by atoms with van der Waals surface area (Å²) in [7, 11) is 0. The minimum absolute atomic E-state index is 0.0979. The summed E-state index contributed by atoms with van der Waals surface area (Å²) in [4.78, 5) is 10.7. The molecular weight excluding hydrogens is 921 g/mol. The van der Waals surface area contributed by atoms with Crippen LogP contribution in [0.5, 0.6) is 0 Å². The predicted molar refractivity (Wildman–Crippen MR) is 298 cm³/mol. The molecule has 1 spiro atoms. The van der Waals surface area contributed by atoms with Crippen molar-refractivity contribution >= 4 is 57.5 Å². The Hall–Kier alpha value is -4.34. The van der Waals surface area contributed by atoms with Gasteiger partial charge in [-0.15, -0.1) is 57.5 Å². The molecule has 2 aliphatic carbocycles. The van der Waals surface area contributed by atoms with Crippen LogP contribution in [0.2, 0.25) is 0 Å². The van der Waals surface area contributed by atoms with Gasteiger partial charge >= 0.3 is 0 Å². The van der Waals surface area contributed by atoms with E-state index >= 15 is 0 Å². The normalized spacial score (nSPS) is 13.1. The summed E-state index contributed by atoms with van der Waals surface area (Å²) < 4.78 is 0. The molecule has 2 aliphatic rings. The Morgan fingerprint density at radius 3 is 1.31 bits per heavy atom. The van der Waals surface area contributed by atoms with Crippen molar-refractivity contribution in [3.63, 3.8) is 0 Å². The molecule has 0 radical (unpaired) electrons. The van der Waals surface area contributed by atoms with Crippen LogP contribution in [0.3, 0.4) is 0 Å². The Morgan fingerprint density at radius 2 is 0.882 bits per heavy atom. The zero-order chi connectivity index (χ0) is 46.7. The maximum Gasteiger partial charge on any atom is 0.0630 e. The van der Waals surface area contributed by atoms with E-state index < -0.39 is 0 Å². The lowest BCUT2D eigenvalue weighted by atomic mass is 9.74. The van der Waals surface area contributed by atoms with Crippen LogP contribution < -0.4 is 0 Å². The second-order valence-electron chi connectivity index (χ2n) is 18.8. The molecule has 0 aliphatic heterocycles. The van der Waals surface area contributed by atoms with Gasteiger partial charge in [-0.1, -0.05) is 139 Å². The van der Waals surface area contributed by atoms with E-state index in [4.69, 9.17) is 10.5 Å². The molecular formula is C61H64N2S5. The number of thioether (sulfide) groups is 2. The Balaban J connectivity index is 1.09. The second-order valence-corrected chi connectivity index (χ2v) is 24.4. The van der Waals surface area contributed by atoms with Crippen molar-refractivity contribution in [1.82, 2.24) is 0 Å². The van der Waals surface area contributed by atoms with Gasteiger partial charge in [-0.05, 0) is 143 Å². The Morgan fingerprint density at radius 1 is 0.471 bits per heavy atom. The van der Waals surface area contributed by atoms with Crippen molar-refractivity contribution in [2.75, 3.05) is 11.5 Å². The molecule has 3 aromatic heterocycles. The summed E-state index contributed by atoms with van der Waals surface area (Å²) in [6.45, 7) is 4.61. The maximum absolute atomic E-state index is 9.06. The van der Waals surface area contributed by atoms with Crippen LogP contribution in [0.15, 0.2) is 119 Å². The van der Waals surface area contributed by atoms with Gasteiger partial charge in [0.2, 0.25) is 0 Å². The first-order valence-corrected chi connectivity index (χ1v) is 29.8. The lowest BCUT2D eigenvalue weighted by Gasteiger charge is -2.28. The predicted octanol–water partition coefficient (Wildman–Crippen LogP) is 19.4. The van der Waals surface area contributed by atoms with E-state index in [1.807, 2.05) is 34.0 Å². The molecule has 68 heavy (non-hydrogen) atoms. The molecule has 0 amide bonds. The van der Waals surface area contributed by atoms with Crippen LogP contribution in [0, 0.1) is 22.7 Å². The van der Waals surface area contributed by atoms with Gasteiger partial charge in [0.25, 0.3) is 0 Å². The lowest BCUT2D eigenvalue weighted by molar-refractivity contribution is 0.561. The topological polar surface area (TPSA) is 47.6 Å². The van der Waals surface area contributed by atoms with Gasteiger partial charge in [0.1, 0.15) is 0 Å². The van der Waals surface area contributed by atoms with Crippen molar-refractivity contribution in [1.29, 1.82) is 10.5 Å². The number of rotatable bonds is 24. The van der Waals surface area contributed by atoms with E-state index in [-0.39, 0.29) is 5.41 Å². The van der Waals surface area contributed by atoms with Crippen molar-refractivity contribution in [2.45, 2.75) is 145 Å². The zero-order valence-electron chi connectivity index (χ0n) is 40.0. The summed E-state index contributed by atoms with van der Waals surface area (Å²) in [5.74, 6) is 1.65. The van der Waals surface area contributed by atoms with Gasteiger partial charge in [0.05, 0.1) is 12.1 Å². The summed E-state index contributed by atoms with van der Waals surface area (Å²) in [5.41, 5.74) is 14.5. The Labute approximate surface area is 427 Å². The fourth-order valence-corrected chi connectivity index (χ4v) is 15.7. The number of nitrogens with zero attached hydrogens (tertiary/aromatic N) is 2. The summed E-state index contributed by atoms with van der Waals surface area (Å²) >= 11 is 9.41. The summed E-state index contributed by atoms with van der Waals surface area (Å²) in [6.07, 6.45) is 21.3. The molecule has 7 aromatic rings. The largest absolute Gasteiger partial charge is 0.198 e. The Bertz CT molecular complexity index is 2670. The molecule has 0 unspecified atom stereocenters. The standard InChI is InChI=1S/C61H64N2S5/c1-3-5-7-9-11-13-17-43-19-29-49-50-30-20-44(18-14-12-10-8-6-4-2)40-54(50)61(53(49)39-43)41-51-52(42-61)60(58-34-32-56(67-58)46-23-27-48(28-24-46)65-38-16-36-63)68-59(51)57-33-31-55(66-57)45-21-25-47(26-22-45)64-37-15-35-62/h19-34,39-40H,3-18,37-38,41-42H2,1-2H3. The number of thiophene rings is 3. The highest BCUT2D eigenvalue weighted by Gasteiger charge is 2.49. The molecule has 3 heterocycles. The third-order valence-corrected chi connectivity index (χ3v) is 20.0. The first-order chi connectivity index (χ1) is 33.5. The molecule has 9 rings (SSSR count). The molecule has 0 bridgehead atoms. The second kappa shape index (κ2) is 23.5. The van der Waals surface area contributed by atoms with E-state index in [2.05, 4.69) is 135 Å². The van der Waals surface area contributed by atoms with Crippen LogP contribution in [-0.2, 0) is 31.1 Å². The van der Waals surface area contributed by atoms with Crippen molar-refractivity contribution in [3.8, 4) is 63.7 Å². The highest BCUT2D eigenvalue weighted by molar-refractivity contribution is 7.99. The van der Waals surface area contributed by atoms with Gasteiger partial charge in [-0.25, -0.2) is 0 Å². The van der Waals surface area contributed by atoms with Crippen molar-refractivity contribution < 1.29 is 0 Å². The van der Waals surface area contributed by atoms with E-state index in [9.17, 15) is 0 Å². The van der Waals surface area contributed by atoms with E-state index in [1.165, 1.54) is 149 Å². The average molecular weight is 986 g/mol. The highest BCUT2D eigenvalue weighted by atomic mass is 32.2. The molecule has 348 valence electrons. The molecule has 0 fully saturated rings. The molecule has 0 atom stereocenters. The molecule has 0 saturated heterocycles. The summed E-state index contributed by atoms with van der Waals surface area (Å²) in [6, 6.07) is 47.1. The minimum Gasteiger partial charge on any atom is -0.198 e. The number of hydrogen-bond donors (Lipinski definition) is 0. The zero-order valence-corrected chi connectivity index (χ0v) is 44.1. The number of benzene rings is 4. The number of unbranched alkanes of at least 4 members (excludes halogenated alkanes) is 10. The van der Waals surface area contributed by atoms with Crippen LogP contribution in [0.4, 0.5) is 0 Å². The van der Waals surface area contributed by atoms with Crippen LogP contribution in [0.1, 0.15) is 137 Å². The fourth-order valence-electron chi connectivity index (χ4n) is 10.5.